The zero-order chi connectivity index (χ0) is 10.7. The monoisotopic (exact) mass is 225 g/mol. The molecule has 0 aromatic heterocycles. The van der Waals surface area contributed by atoms with Crippen molar-refractivity contribution in [3.63, 3.8) is 0 Å². The molecular weight excluding hydrogens is 210 g/mol. The number of sulfonamides is 1. The van der Waals surface area contributed by atoms with Gasteiger partial charge in [0.25, 0.3) is 0 Å². The number of rotatable bonds is 3. The van der Waals surface area contributed by atoms with Crippen molar-refractivity contribution in [3.05, 3.63) is 35.9 Å². The van der Waals surface area contributed by atoms with Crippen molar-refractivity contribution in [2.45, 2.75) is 12.8 Å². The quantitative estimate of drug-likeness (QED) is 0.776. The lowest BCUT2D eigenvalue weighted by molar-refractivity contribution is 0.447. The fourth-order valence-corrected chi connectivity index (χ4v) is 3.37. The molecule has 0 atom stereocenters. The molecule has 2 rings (SSSR count). The lowest BCUT2D eigenvalue weighted by atomic mass is 10.1. The van der Waals surface area contributed by atoms with Crippen molar-refractivity contribution in [2.24, 2.45) is 0 Å². The fraction of sp³-hybridized carbons (Fsp3) is 0.455. The van der Waals surface area contributed by atoms with Crippen LogP contribution in [0.3, 0.4) is 0 Å². The van der Waals surface area contributed by atoms with Crippen molar-refractivity contribution in [3.8, 4) is 0 Å². The molecule has 0 saturated carbocycles. The Morgan fingerprint density at radius 3 is 2.53 bits per heavy atom. The first-order valence-corrected chi connectivity index (χ1v) is 6.81. The standard InChI is InChI=1S/C11H15NO2S/c13-15(14)10-4-8-12(15)9-7-11-5-2-1-3-6-11/h1-3,5-6H,4,7-10H2. The smallest absolute Gasteiger partial charge is 0.212 e. The van der Waals surface area contributed by atoms with E-state index in [1.165, 1.54) is 5.56 Å². The molecule has 1 aliphatic heterocycles. The largest absolute Gasteiger partial charge is 0.214 e. The second-order valence-corrected chi connectivity index (χ2v) is 5.89. The molecule has 0 aliphatic carbocycles. The van der Waals surface area contributed by atoms with E-state index in [1.54, 1.807) is 4.31 Å². The molecule has 4 heteroatoms. The van der Waals surface area contributed by atoms with E-state index in [-0.39, 0.29) is 0 Å². The Kier molecular flexibility index (Phi) is 3.07. The lowest BCUT2D eigenvalue weighted by Gasteiger charge is -2.13. The third-order valence-corrected chi connectivity index (χ3v) is 4.65. The maximum atomic E-state index is 11.5. The third kappa shape index (κ3) is 2.58. The summed E-state index contributed by atoms with van der Waals surface area (Å²) in [7, 11) is -2.92. The van der Waals surface area contributed by atoms with Crippen molar-refractivity contribution < 1.29 is 8.42 Å². The zero-order valence-electron chi connectivity index (χ0n) is 8.59. The van der Waals surface area contributed by atoms with Crippen molar-refractivity contribution in [1.29, 1.82) is 0 Å². The average Bonchev–Trinajstić information content (AvgIpc) is 2.56. The third-order valence-electron chi connectivity index (χ3n) is 2.70. The van der Waals surface area contributed by atoms with Crippen LogP contribution in [-0.4, -0.2) is 31.6 Å². The SMILES string of the molecule is O=S1(=O)CCCN1CCc1ccccc1. The van der Waals surface area contributed by atoms with Gasteiger partial charge in [0.2, 0.25) is 10.0 Å². The molecule has 0 radical (unpaired) electrons. The summed E-state index contributed by atoms with van der Waals surface area (Å²) in [6, 6.07) is 9.99. The van der Waals surface area contributed by atoms with Gasteiger partial charge in [-0.25, -0.2) is 12.7 Å². The molecule has 1 saturated heterocycles. The maximum Gasteiger partial charge on any atom is 0.214 e. The van der Waals surface area contributed by atoms with Crippen LogP contribution >= 0.6 is 0 Å². The molecule has 0 unspecified atom stereocenters. The molecule has 1 heterocycles. The number of hydrogen-bond donors (Lipinski definition) is 0. The molecule has 1 aromatic carbocycles. The van der Waals surface area contributed by atoms with Gasteiger partial charge in [0.05, 0.1) is 5.75 Å². The van der Waals surface area contributed by atoms with Crippen LogP contribution in [0.25, 0.3) is 0 Å². The Morgan fingerprint density at radius 1 is 1.20 bits per heavy atom. The molecule has 15 heavy (non-hydrogen) atoms. The predicted molar refractivity (Wildman–Crippen MR) is 60.1 cm³/mol. The van der Waals surface area contributed by atoms with Crippen LogP contribution in [0.4, 0.5) is 0 Å². The number of benzene rings is 1. The van der Waals surface area contributed by atoms with E-state index in [2.05, 4.69) is 0 Å². The summed E-state index contributed by atoms with van der Waals surface area (Å²) in [6.45, 7) is 1.31. The summed E-state index contributed by atoms with van der Waals surface area (Å²) in [6.07, 6.45) is 1.58. The van der Waals surface area contributed by atoms with Crippen LogP contribution in [0, 0.1) is 0 Å². The van der Waals surface area contributed by atoms with Crippen molar-refractivity contribution in [1.82, 2.24) is 4.31 Å². The van der Waals surface area contributed by atoms with Crippen LogP contribution in [0.2, 0.25) is 0 Å². The van der Waals surface area contributed by atoms with Crippen molar-refractivity contribution >= 4 is 10.0 Å². The average molecular weight is 225 g/mol. The van der Waals surface area contributed by atoms with Gasteiger partial charge in [-0.15, -0.1) is 0 Å². The van der Waals surface area contributed by atoms with Gasteiger partial charge in [-0.05, 0) is 18.4 Å². The highest BCUT2D eigenvalue weighted by Gasteiger charge is 2.27. The molecule has 0 bridgehead atoms. The first-order chi connectivity index (χ1) is 7.18. The highest BCUT2D eigenvalue weighted by molar-refractivity contribution is 7.89. The minimum absolute atomic E-state index is 0.321. The molecule has 1 aromatic rings. The second-order valence-electron chi connectivity index (χ2n) is 3.80. The molecular formula is C11H15NO2S. The van der Waals surface area contributed by atoms with E-state index in [1.807, 2.05) is 30.3 Å². The molecule has 0 spiro atoms. The van der Waals surface area contributed by atoms with Gasteiger partial charge < -0.3 is 0 Å². The fourth-order valence-electron chi connectivity index (χ4n) is 1.84. The van der Waals surface area contributed by atoms with Crippen molar-refractivity contribution in [2.75, 3.05) is 18.8 Å². The van der Waals surface area contributed by atoms with Crippen LogP contribution < -0.4 is 0 Å². The molecule has 3 nitrogen and oxygen atoms in total. The zero-order valence-corrected chi connectivity index (χ0v) is 9.41. The molecule has 1 aliphatic rings. The Morgan fingerprint density at radius 2 is 1.93 bits per heavy atom. The Balaban J connectivity index is 1.94. The van der Waals surface area contributed by atoms with Gasteiger partial charge in [-0.3, -0.25) is 0 Å². The first-order valence-electron chi connectivity index (χ1n) is 5.20. The summed E-state index contributed by atoms with van der Waals surface area (Å²) < 4.78 is 24.6. The van der Waals surface area contributed by atoms with Gasteiger partial charge in [-0.2, -0.15) is 0 Å². The summed E-state index contributed by atoms with van der Waals surface area (Å²) in [5.41, 5.74) is 1.19. The van der Waals surface area contributed by atoms with Gasteiger partial charge in [0.15, 0.2) is 0 Å². The first kappa shape index (κ1) is 10.6. The summed E-state index contributed by atoms with van der Waals surface area (Å²) in [5.74, 6) is 0.321. The summed E-state index contributed by atoms with van der Waals surface area (Å²) >= 11 is 0. The van der Waals surface area contributed by atoms with E-state index < -0.39 is 10.0 Å². The molecule has 0 amide bonds. The second kappa shape index (κ2) is 4.33. The minimum atomic E-state index is -2.92. The topological polar surface area (TPSA) is 37.4 Å². The lowest BCUT2D eigenvalue weighted by Crippen LogP contribution is -2.27. The Labute approximate surface area is 90.8 Å². The van der Waals surface area contributed by atoms with Gasteiger partial charge in [0.1, 0.15) is 0 Å². The van der Waals surface area contributed by atoms with Gasteiger partial charge in [0, 0.05) is 13.1 Å². The van der Waals surface area contributed by atoms with Crippen LogP contribution in [0.1, 0.15) is 12.0 Å². The van der Waals surface area contributed by atoms with E-state index in [9.17, 15) is 8.42 Å². The highest BCUT2D eigenvalue weighted by atomic mass is 32.2. The molecule has 1 fully saturated rings. The molecule has 82 valence electrons. The number of nitrogens with zero attached hydrogens (tertiary/aromatic N) is 1. The van der Waals surface area contributed by atoms with E-state index in [4.69, 9.17) is 0 Å². The predicted octanol–water partition coefficient (Wildman–Crippen LogP) is 1.26. The highest BCUT2D eigenvalue weighted by Crippen LogP contribution is 2.13. The van der Waals surface area contributed by atoms with E-state index in [0.717, 1.165) is 12.8 Å². The van der Waals surface area contributed by atoms with E-state index >= 15 is 0 Å². The summed E-state index contributed by atoms with van der Waals surface area (Å²) in [5, 5.41) is 0. The normalized spacial score (nSPS) is 20.5. The molecule has 0 N–H and O–H groups in total. The minimum Gasteiger partial charge on any atom is -0.212 e. The van der Waals surface area contributed by atoms with Crippen LogP contribution in [0.15, 0.2) is 30.3 Å². The van der Waals surface area contributed by atoms with Crippen LogP contribution in [-0.2, 0) is 16.4 Å². The van der Waals surface area contributed by atoms with Gasteiger partial charge in [-0.1, -0.05) is 30.3 Å². The van der Waals surface area contributed by atoms with E-state index in [0.29, 0.717) is 18.8 Å². The van der Waals surface area contributed by atoms with Gasteiger partial charge >= 0.3 is 0 Å². The van der Waals surface area contributed by atoms with Crippen LogP contribution in [0.5, 0.6) is 0 Å². The maximum absolute atomic E-state index is 11.5. The Hall–Kier alpha value is -0.870. The summed E-state index contributed by atoms with van der Waals surface area (Å²) in [4.78, 5) is 0. The Bertz CT molecular complexity index is 413. The number of hydrogen-bond acceptors (Lipinski definition) is 2.